The molecule has 1 aliphatic rings. The molecule has 30 heavy (non-hydrogen) atoms. The van der Waals surface area contributed by atoms with Crippen molar-refractivity contribution in [1.29, 1.82) is 0 Å². The van der Waals surface area contributed by atoms with Crippen molar-refractivity contribution >= 4 is 69.3 Å². The molecule has 1 aromatic carbocycles. The summed E-state index contributed by atoms with van der Waals surface area (Å²) in [4.78, 5) is 4.64. The van der Waals surface area contributed by atoms with E-state index in [1.165, 1.54) is 6.07 Å². The van der Waals surface area contributed by atoms with Crippen molar-refractivity contribution in [3.8, 4) is 0 Å². The minimum absolute atomic E-state index is 0.0538. The molecule has 1 aromatic heterocycles. The summed E-state index contributed by atoms with van der Waals surface area (Å²) in [5, 5.41) is 11.3. The van der Waals surface area contributed by atoms with Gasteiger partial charge in [0.2, 0.25) is 10.0 Å². The van der Waals surface area contributed by atoms with Crippen molar-refractivity contribution in [1.82, 2.24) is 4.98 Å². The average Bonchev–Trinajstić information content (AvgIpc) is 2.67. The molecule has 1 atom stereocenters. The topological polar surface area (TPSA) is 87.6 Å². The molecule has 0 saturated carbocycles. The van der Waals surface area contributed by atoms with Crippen LogP contribution in [0.2, 0.25) is 10.0 Å². The van der Waals surface area contributed by atoms with Gasteiger partial charge in [-0.15, -0.1) is 0 Å². The Kier molecular flexibility index (Phi) is 6.42. The summed E-state index contributed by atoms with van der Waals surface area (Å²) in [5.74, 6) is -0.144. The van der Waals surface area contributed by atoms with Crippen molar-refractivity contribution in [3.05, 3.63) is 57.3 Å². The highest BCUT2D eigenvalue weighted by Gasteiger charge is 2.40. The smallest absolute Gasteiger partial charge is 0.232 e. The lowest BCUT2D eigenvalue weighted by Gasteiger charge is -2.35. The van der Waals surface area contributed by atoms with Crippen LogP contribution in [-0.4, -0.2) is 35.5 Å². The normalized spacial score (nSPS) is 18.1. The highest BCUT2D eigenvalue weighted by molar-refractivity contribution is 8.36. The highest BCUT2D eigenvalue weighted by Crippen LogP contribution is 2.49. The molecule has 1 N–H and O–H groups in total. The lowest BCUT2D eigenvalue weighted by Crippen LogP contribution is -2.31. The van der Waals surface area contributed by atoms with Crippen molar-refractivity contribution in [2.75, 3.05) is 17.1 Å². The van der Waals surface area contributed by atoms with Gasteiger partial charge in [0, 0.05) is 23.1 Å². The first-order valence-corrected chi connectivity index (χ1v) is 13.9. The summed E-state index contributed by atoms with van der Waals surface area (Å²) < 4.78 is 37.3. The third-order valence-corrected chi connectivity index (χ3v) is 11.0. The van der Waals surface area contributed by atoms with Crippen LogP contribution in [0.25, 0.3) is 10.7 Å². The Hall–Kier alpha value is -1.39. The molecule has 0 amide bonds. The van der Waals surface area contributed by atoms with Gasteiger partial charge in [-0.25, -0.2) is 12.6 Å². The van der Waals surface area contributed by atoms with E-state index in [0.29, 0.717) is 26.4 Å². The molecule has 3 rings (SSSR count). The van der Waals surface area contributed by atoms with Crippen molar-refractivity contribution in [2.45, 2.75) is 25.5 Å². The van der Waals surface area contributed by atoms with Gasteiger partial charge in [-0.2, -0.15) is 0 Å². The van der Waals surface area contributed by atoms with E-state index < -0.39 is 24.2 Å². The number of pyridine rings is 1. The van der Waals surface area contributed by atoms with E-state index in [1.807, 2.05) is 19.9 Å². The zero-order valence-electron chi connectivity index (χ0n) is 16.6. The van der Waals surface area contributed by atoms with Crippen molar-refractivity contribution in [2.24, 2.45) is 0 Å². The van der Waals surface area contributed by atoms with Crippen LogP contribution in [0.3, 0.4) is 0 Å². The molecule has 11 heteroatoms. The number of benzene rings is 1. The van der Waals surface area contributed by atoms with E-state index in [1.54, 1.807) is 25.3 Å². The molecule has 1 aliphatic heterocycles. The second-order valence-electron chi connectivity index (χ2n) is 7.11. The quantitative estimate of drug-likeness (QED) is 0.656. The molecule has 0 bridgehead atoms. The molecule has 0 radical (unpaired) electrons. The fourth-order valence-electron chi connectivity index (χ4n) is 3.48. The molecule has 162 valence electrons. The molecule has 0 fully saturated rings. The lowest BCUT2D eigenvalue weighted by molar-refractivity contribution is 0.507. The van der Waals surface area contributed by atoms with Gasteiger partial charge in [0.1, 0.15) is 15.9 Å². The maximum absolute atomic E-state index is 12.3. The molecular weight excluding hydrogens is 487 g/mol. The minimum Gasteiger partial charge on any atom is -0.505 e. The van der Waals surface area contributed by atoms with Gasteiger partial charge in [0.25, 0.3) is 0 Å². The Labute approximate surface area is 191 Å². The maximum Gasteiger partial charge on any atom is 0.232 e. The molecule has 0 spiro atoms. The summed E-state index contributed by atoms with van der Waals surface area (Å²) in [6.07, 6.45) is 2.63. The number of aromatic nitrogens is 1. The van der Waals surface area contributed by atoms with Crippen LogP contribution in [-0.2, 0) is 34.5 Å². The number of halogens is 2. The van der Waals surface area contributed by atoms with Crippen LogP contribution in [0, 0.1) is 0 Å². The Morgan fingerprint density at radius 1 is 1.27 bits per heavy atom. The average molecular weight is 507 g/mol. The van der Waals surface area contributed by atoms with Gasteiger partial charge in [0.05, 0.1) is 26.9 Å². The van der Waals surface area contributed by atoms with Crippen molar-refractivity contribution < 1.29 is 17.7 Å². The number of anilines is 1. The summed E-state index contributed by atoms with van der Waals surface area (Å²) in [7, 11) is -4.33. The number of rotatable bonds is 4. The lowest BCUT2D eigenvalue weighted by atomic mass is 9.98. The Balaban J connectivity index is 2.41. The first-order chi connectivity index (χ1) is 14.0. The van der Waals surface area contributed by atoms with Crippen LogP contribution in [0.1, 0.15) is 37.6 Å². The molecule has 6 nitrogen and oxygen atoms in total. The van der Waals surface area contributed by atoms with E-state index in [4.69, 9.17) is 23.2 Å². The van der Waals surface area contributed by atoms with E-state index in [0.717, 1.165) is 16.1 Å². The number of fused-ring (bicyclic) bond motifs is 1. The van der Waals surface area contributed by atoms with Crippen LogP contribution in [0.15, 0.2) is 30.5 Å². The van der Waals surface area contributed by atoms with Crippen LogP contribution in [0.5, 0.6) is 0 Å². The number of hydrogen-bond donors (Lipinski definition) is 1. The molecule has 2 heterocycles. The standard InChI is InChI=1S/C19H20Cl2N2O4S3/c1-5-23(30(4,26)27)16-13(20)9-8-11(14(16)21)18-17(24)15-12(7-6-10-22-15)19(2,3)29(18)28-25/h6-10,24H,5H2,1-4H3. The van der Waals surface area contributed by atoms with Gasteiger partial charge < -0.3 is 5.11 Å². The van der Waals surface area contributed by atoms with Gasteiger partial charge in [-0.3, -0.25) is 9.29 Å². The first kappa shape index (κ1) is 23.3. The van der Waals surface area contributed by atoms with Gasteiger partial charge in [-0.1, -0.05) is 35.3 Å². The van der Waals surface area contributed by atoms with E-state index in [9.17, 15) is 17.7 Å². The third kappa shape index (κ3) is 3.71. The number of hydrogen-bond acceptors (Lipinski definition) is 5. The summed E-state index contributed by atoms with van der Waals surface area (Å²) in [6.45, 7) is 5.60. The second-order valence-corrected chi connectivity index (χ2v) is 13.3. The highest BCUT2D eigenvalue weighted by atomic mass is 35.5. The van der Waals surface area contributed by atoms with Gasteiger partial charge in [-0.05, 0) is 47.9 Å². The zero-order valence-corrected chi connectivity index (χ0v) is 20.6. The minimum atomic E-state index is -3.66. The van der Waals surface area contributed by atoms with Gasteiger partial charge >= 0.3 is 0 Å². The number of sulfonamides is 1. The predicted molar refractivity (Wildman–Crippen MR) is 127 cm³/mol. The number of nitrogens with zero attached hydrogens (tertiary/aromatic N) is 2. The first-order valence-electron chi connectivity index (χ1n) is 8.86. The van der Waals surface area contributed by atoms with Crippen molar-refractivity contribution in [3.63, 3.8) is 0 Å². The molecule has 0 aliphatic carbocycles. The fourth-order valence-corrected chi connectivity index (χ4v) is 8.54. The molecular formula is C19H20Cl2N2O4S3. The Morgan fingerprint density at radius 3 is 2.50 bits per heavy atom. The molecule has 1 unspecified atom stereocenters. The van der Waals surface area contributed by atoms with Gasteiger partial charge in [0.15, 0.2) is 5.76 Å². The largest absolute Gasteiger partial charge is 0.505 e. The maximum atomic E-state index is 12.3. The van der Waals surface area contributed by atoms with Crippen LogP contribution < -0.4 is 4.31 Å². The fraction of sp³-hybridized carbons (Fsp3) is 0.316. The Morgan fingerprint density at radius 2 is 1.93 bits per heavy atom. The second kappa shape index (κ2) is 8.27. The van der Waals surface area contributed by atoms with E-state index >= 15 is 0 Å². The molecule has 2 aromatic rings. The van der Waals surface area contributed by atoms with E-state index in [2.05, 4.69) is 4.98 Å². The zero-order chi connectivity index (χ0) is 22.4. The number of aliphatic hydroxyl groups excluding tert-OH is 1. The predicted octanol–water partition coefficient (Wildman–Crippen LogP) is 4.55. The SMILES string of the molecule is CCN(c1c(Cl)ccc(C2=C(O)c3ncccc3C(C)(C)S2=S=O)c1Cl)S(C)(=O)=O. The Bertz CT molecular complexity index is 1240. The van der Waals surface area contributed by atoms with Crippen LogP contribution >= 0.6 is 23.2 Å². The summed E-state index contributed by atoms with van der Waals surface area (Å²) in [5.41, 5.74) is 1.60. The summed E-state index contributed by atoms with van der Waals surface area (Å²) in [6, 6.07) is 6.71. The third-order valence-electron chi connectivity index (χ3n) is 4.86. The summed E-state index contributed by atoms with van der Waals surface area (Å²) >= 11 is 13.0. The monoisotopic (exact) mass is 506 g/mol. The molecule has 0 saturated heterocycles. The van der Waals surface area contributed by atoms with E-state index in [-0.39, 0.29) is 28.0 Å². The van der Waals surface area contributed by atoms with Crippen LogP contribution in [0.4, 0.5) is 5.69 Å². The number of aliphatic hydroxyl groups is 1.